The van der Waals surface area contributed by atoms with Crippen molar-refractivity contribution in [2.75, 3.05) is 5.32 Å². The van der Waals surface area contributed by atoms with Crippen molar-refractivity contribution in [2.24, 2.45) is 7.05 Å². The first-order chi connectivity index (χ1) is 12.6. The van der Waals surface area contributed by atoms with Gasteiger partial charge in [0.15, 0.2) is 5.65 Å². The molecule has 0 unspecified atom stereocenters. The molecule has 4 heterocycles. The SMILES string of the molecule is Cc1c(C(=O)Nc2ccc3cccnc3n2)cc(-c2ccncc2)n1C. The molecule has 26 heavy (non-hydrogen) atoms. The van der Waals surface area contributed by atoms with E-state index in [9.17, 15) is 4.79 Å². The lowest BCUT2D eigenvalue weighted by Crippen LogP contribution is -2.14. The molecule has 0 radical (unpaired) electrons. The molecule has 0 aliphatic heterocycles. The first-order valence-corrected chi connectivity index (χ1v) is 8.23. The first kappa shape index (κ1) is 16.0. The van der Waals surface area contributed by atoms with Crippen LogP contribution in [0, 0.1) is 6.92 Å². The molecular weight excluding hydrogens is 326 g/mol. The van der Waals surface area contributed by atoms with Gasteiger partial charge in [0.2, 0.25) is 0 Å². The highest BCUT2D eigenvalue weighted by molar-refractivity contribution is 6.05. The molecule has 0 bridgehead atoms. The molecule has 1 amide bonds. The Hall–Kier alpha value is -3.54. The van der Waals surface area contributed by atoms with Crippen LogP contribution in [0.5, 0.6) is 0 Å². The van der Waals surface area contributed by atoms with Crippen molar-refractivity contribution < 1.29 is 4.79 Å². The summed E-state index contributed by atoms with van der Waals surface area (Å²) in [6.07, 6.45) is 5.16. The van der Waals surface area contributed by atoms with Gasteiger partial charge in [0.1, 0.15) is 5.82 Å². The smallest absolute Gasteiger partial charge is 0.258 e. The number of fused-ring (bicyclic) bond motifs is 1. The highest BCUT2D eigenvalue weighted by Crippen LogP contribution is 2.25. The summed E-state index contributed by atoms with van der Waals surface area (Å²) in [5.41, 5.74) is 4.07. The maximum atomic E-state index is 12.8. The summed E-state index contributed by atoms with van der Waals surface area (Å²) in [5.74, 6) is 0.288. The number of anilines is 1. The molecule has 0 aliphatic rings. The van der Waals surface area contributed by atoms with Crippen molar-refractivity contribution >= 4 is 22.8 Å². The molecule has 0 fully saturated rings. The molecule has 4 aromatic heterocycles. The van der Waals surface area contributed by atoms with Crippen molar-refractivity contribution in [1.82, 2.24) is 19.5 Å². The monoisotopic (exact) mass is 343 g/mol. The highest BCUT2D eigenvalue weighted by Gasteiger charge is 2.17. The second kappa shape index (κ2) is 6.40. The molecule has 1 N–H and O–H groups in total. The number of nitrogens with one attached hydrogen (secondary N) is 1. The van der Waals surface area contributed by atoms with Gasteiger partial charge in [-0.15, -0.1) is 0 Å². The van der Waals surface area contributed by atoms with Crippen molar-refractivity contribution in [3.8, 4) is 11.3 Å². The minimum absolute atomic E-state index is 0.193. The van der Waals surface area contributed by atoms with Crippen LogP contribution in [-0.4, -0.2) is 25.4 Å². The van der Waals surface area contributed by atoms with Gasteiger partial charge < -0.3 is 9.88 Å². The Morgan fingerprint density at radius 2 is 1.88 bits per heavy atom. The van der Waals surface area contributed by atoms with E-state index in [2.05, 4.69) is 20.3 Å². The van der Waals surface area contributed by atoms with Gasteiger partial charge in [-0.2, -0.15) is 0 Å². The predicted octanol–water partition coefficient (Wildman–Crippen LogP) is 3.59. The quantitative estimate of drug-likeness (QED) is 0.617. The van der Waals surface area contributed by atoms with Gasteiger partial charge in [-0.05, 0) is 49.4 Å². The van der Waals surface area contributed by atoms with E-state index in [0.717, 1.165) is 22.3 Å². The van der Waals surface area contributed by atoms with E-state index in [0.29, 0.717) is 17.0 Å². The fourth-order valence-corrected chi connectivity index (χ4v) is 2.94. The van der Waals surface area contributed by atoms with E-state index in [-0.39, 0.29) is 5.91 Å². The van der Waals surface area contributed by atoms with Crippen LogP contribution in [0.25, 0.3) is 22.3 Å². The van der Waals surface area contributed by atoms with E-state index in [1.165, 1.54) is 0 Å². The van der Waals surface area contributed by atoms with E-state index in [4.69, 9.17) is 0 Å². The van der Waals surface area contributed by atoms with Crippen LogP contribution < -0.4 is 5.32 Å². The van der Waals surface area contributed by atoms with Gasteiger partial charge in [0.25, 0.3) is 5.91 Å². The van der Waals surface area contributed by atoms with Gasteiger partial charge in [-0.25, -0.2) is 9.97 Å². The van der Waals surface area contributed by atoms with Gasteiger partial charge in [-0.1, -0.05) is 0 Å². The highest BCUT2D eigenvalue weighted by atomic mass is 16.1. The third-order valence-electron chi connectivity index (χ3n) is 4.46. The Morgan fingerprint density at radius 1 is 1.08 bits per heavy atom. The summed E-state index contributed by atoms with van der Waals surface area (Å²) < 4.78 is 2.00. The molecule has 0 saturated heterocycles. The van der Waals surface area contributed by atoms with Crippen LogP contribution in [0.2, 0.25) is 0 Å². The molecule has 4 aromatic rings. The van der Waals surface area contributed by atoms with Crippen LogP contribution >= 0.6 is 0 Å². The van der Waals surface area contributed by atoms with Crippen LogP contribution in [0.15, 0.2) is 61.1 Å². The minimum Gasteiger partial charge on any atom is -0.347 e. The Balaban J connectivity index is 1.65. The molecule has 0 spiro atoms. The number of rotatable bonds is 3. The Kier molecular flexibility index (Phi) is 3.93. The summed E-state index contributed by atoms with van der Waals surface area (Å²) in [6, 6.07) is 13.2. The van der Waals surface area contributed by atoms with Crippen molar-refractivity contribution in [1.29, 1.82) is 0 Å². The number of aromatic nitrogens is 4. The summed E-state index contributed by atoms with van der Waals surface area (Å²) in [5, 5.41) is 3.80. The van der Waals surface area contributed by atoms with Gasteiger partial charge in [0, 0.05) is 48.0 Å². The van der Waals surface area contributed by atoms with Gasteiger partial charge >= 0.3 is 0 Å². The molecular formula is C20H17N5O. The van der Waals surface area contributed by atoms with E-state index >= 15 is 0 Å². The maximum Gasteiger partial charge on any atom is 0.258 e. The second-order valence-corrected chi connectivity index (χ2v) is 6.02. The van der Waals surface area contributed by atoms with Crippen LogP contribution in [-0.2, 0) is 7.05 Å². The van der Waals surface area contributed by atoms with Crippen molar-refractivity contribution in [2.45, 2.75) is 6.92 Å². The lowest BCUT2D eigenvalue weighted by atomic mass is 10.1. The topological polar surface area (TPSA) is 72.7 Å². The standard InChI is InChI=1S/C20H17N5O/c1-13-16(12-17(25(13)2)14-7-10-21-11-8-14)20(26)24-18-6-5-15-4-3-9-22-19(15)23-18/h3-12H,1-2H3,(H,22,23,24,26). The van der Waals surface area contributed by atoms with Gasteiger partial charge in [-0.3, -0.25) is 9.78 Å². The average molecular weight is 343 g/mol. The molecule has 6 heteroatoms. The Bertz CT molecular complexity index is 1100. The van der Waals surface area contributed by atoms with Crippen LogP contribution in [0.4, 0.5) is 5.82 Å². The van der Waals surface area contributed by atoms with Crippen LogP contribution in [0.3, 0.4) is 0 Å². The summed E-state index contributed by atoms with van der Waals surface area (Å²) in [6.45, 7) is 1.93. The zero-order valence-corrected chi connectivity index (χ0v) is 14.5. The van der Waals surface area contributed by atoms with E-state index in [1.807, 2.05) is 54.9 Å². The molecule has 0 atom stereocenters. The zero-order valence-electron chi connectivity index (χ0n) is 14.5. The molecule has 0 aliphatic carbocycles. The summed E-state index contributed by atoms with van der Waals surface area (Å²) in [7, 11) is 1.94. The molecule has 128 valence electrons. The number of nitrogens with zero attached hydrogens (tertiary/aromatic N) is 4. The van der Waals surface area contributed by atoms with Crippen LogP contribution in [0.1, 0.15) is 16.1 Å². The fourth-order valence-electron chi connectivity index (χ4n) is 2.94. The molecule has 0 aromatic carbocycles. The van der Waals surface area contributed by atoms with E-state index in [1.54, 1.807) is 24.7 Å². The zero-order chi connectivity index (χ0) is 18.1. The molecule has 4 rings (SSSR count). The predicted molar refractivity (Wildman–Crippen MR) is 101 cm³/mol. The third-order valence-corrected chi connectivity index (χ3v) is 4.46. The normalized spacial score (nSPS) is 10.8. The summed E-state index contributed by atoms with van der Waals surface area (Å²) >= 11 is 0. The summed E-state index contributed by atoms with van der Waals surface area (Å²) in [4.78, 5) is 25.4. The number of pyridine rings is 3. The average Bonchev–Trinajstić information content (AvgIpc) is 2.97. The number of carbonyl (C=O) groups excluding carboxylic acids is 1. The Labute approximate surface area is 150 Å². The molecule has 0 saturated carbocycles. The maximum absolute atomic E-state index is 12.8. The Morgan fingerprint density at radius 3 is 2.69 bits per heavy atom. The second-order valence-electron chi connectivity index (χ2n) is 6.02. The van der Waals surface area contributed by atoms with Crippen molar-refractivity contribution in [3.63, 3.8) is 0 Å². The number of amides is 1. The fraction of sp³-hybridized carbons (Fsp3) is 0.100. The lowest BCUT2D eigenvalue weighted by Gasteiger charge is -2.06. The van der Waals surface area contributed by atoms with Gasteiger partial charge in [0.05, 0.1) is 5.56 Å². The largest absolute Gasteiger partial charge is 0.347 e. The number of carbonyl (C=O) groups is 1. The first-order valence-electron chi connectivity index (χ1n) is 8.23. The van der Waals surface area contributed by atoms with E-state index < -0.39 is 0 Å². The molecule has 6 nitrogen and oxygen atoms in total. The third kappa shape index (κ3) is 2.82. The van der Waals surface area contributed by atoms with Crippen molar-refractivity contribution in [3.05, 3.63) is 72.3 Å². The number of hydrogen-bond donors (Lipinski definition) is 1. The minimum atomic E-state index is -0.193. The lowest BCUT2D eigenvalue weighted by molar-refractivity contribution is 0.102. The number of hydrogen-bond acceptors (Lipinski definition) is 4.